The highest BCUT2D eigenvalue weighted by atomic mass is 35.5. The molecule has 5 rings (SSSR count). The number of aromatic nitrogens is 3. The van der Waals surface area contributed by atoms with Crippen molar-refractivity contribution >= 4 is 33.1 Å². The smallest absolute Gasteiger partial charge is 0.277 e. The monoisotopic (exact) mass is 466 g/mol. The molecule has 0 amide bonds. The number of aryl methyl sites for hydroxylation is 1. The number of nitrogens with zero attached hydrogens (tertiary/aromatic N) is 5. The van der Waals surface area contributed by atoms with Crippen LogP contribution in [0.5, 0.6) is 0 Å². The van der Waals surface area contributed by atoms with Crippen molar-refractivity contribution in [2.24, 2.45) is 22.4 Å². The van der Waals surface area contributed by atoms with Gasteiger partial charge in [0.25, 0.3) is 10.2 Å². The molecule has 170 valence electrons. The minimum atomic E-state index is -3.69. The normalized spacial score (nSPS) is 26.4. The molecule has 0 aromatic carbocycles. The Hall–Kier alpha value is -1.42. The summed E-state index contributed by atoms with van der Waals surface area (Å²) in [6.45, 7) is 6.61. The number of anilines is 1. The third kappa shape index (κ3) is 3.83. The van der Waals surface area contributed by atoms with Gasteiger partial charge in [-0.25, -0.2) is 14.6 Å². The van der Waals surface area contributed by atoms with E-state index in [9.17, 15) is 8.42 Å². The van der Waals surface area contributed by atoms with Crippen LogP contribution in [0.4, 0.5) is 5.82 Å². The van der Waals surface area contributed by atoms with Crippen molar-refractivity contribution in [3.63, 3.8) is 0 Å². The van der Waals surface area contributed by atoms with Gasteiger partial charge in [0.15, 0.2) is 5.82 Å². The van der Waals surface area contributed by atoms with E-state index in [1.165, 1.54) is 19.2 Å². The summed E-state index contributed by atoms with van der Waals surface area (Å²) in [6.07, 6.45) is 7.84. The molecule has 1 spiro atoms. The fourth-order valence-corrected chi connectivity index (χ4v) is 7.21. The number of halogens is 1. The molecule has 1 saturated heterocycles. The van der Waals surface area contributed by atoms with Crippen LogP contribution in [-0.4, -0.2) is 53.0 Å². The highest BCUT2D eigenvalue weighted by Crippen LogP contribution is 2.52. The Morgan fingerprint density at radius 2 is 1.94 bits per heavy atom. The van der Waals surface area contributed by atoms with Crippen molar-refractivity contribution in [1.82, 2.24) is 18.9 Å². The van der Waals surface area contributed by atoms with Crippen molar-refractivity contribution in [3.05, 3.63) is 23.1 Å². The second-order valence-electron chi connectivity index (χ2n) is 10.2. The second-order valence-corrected chi connectivity index (χ2v) is 12.0. The van der Waals surface area contributed by atoms with E-state index in [1.54, 1.807) is 8.82 Å². The first kappa shape index (κ1) is 21.4. The first-order chi connectivity index (χ1) is 14.7. The molecule has 3 heterocycles. The molecular formula is C21H31ClN6O2S. The van der Waals surface area contributed by atoms with E-state index in [1.807, 2.05) is 13.0 Å². The number of fused-ring (bicyclic) bond motifs is 1. The zero-order chi connectivity index (χ0) is 22.0. The van der Waals surface area contributed by atoms with Gasteiger partial charge in [0.05, 0.1) is 0 Å². The Morgan fingerprint density at radius 3 is 2.58 bits per heavy atom. The van der Waals surface area contributed by atoms with E-state index < -0.39 is 10.2 Å². The zero-order valence-electron chi connectivity index (χ0n) is 18.2. The van der Waals surface area contributed by atoms with E-state index >= 15 is 0 Å². The van der Waals surface area contributed by atoms with Gasteiger partial charge < -0.3 is 4.90 Å². The standard InChI is InChI=1S/C21H31ClN6O2S/c1-14-3-5-16(6-4-14)10-27(31(23,29)30)17-8-21(9-17)11-26(12-21)20-19-15(2)7-18(22)28(19)25-13-24-20/h7,13-14,16-17H,3-6,8-12H2,1-2H3,(H2,23,29,30). The maximum Gasteiger partial charge on any atom is 0.277 e. The first-order valence-corrected chi connectivity index (χ1v) is 13.1. The van der Waals surface area contributed by atoms with Gasteiger partial charge in [-0.1, -0.05) is 31.4 Å². The molecule has 0 bridgehead atoms. The van der Waals surface area contributed by atoms with Gasteiger partial charge in [-0.3, -0.25) is 0 Å². The number of hydrogen-bond donors (Lipinski definition) is 1. The van der Waals surface area contributed by atoms with Crippen molar-refractivity contribution in [1.29, 1.82) is 0 Å². The minimum Gasteiger partial charge on any atom is -0.354 e. The Labute approximate surface area is 188 Å². The summed E-state index contributed by atoms with van der Waals surface area (Å²) in [5.74, 6) is 2.08. The maximum atomic E-state index is 12.4. The van der Waals surface area contributed by atoms with Crippen LogP contribution >= 0.6 is 11.6 Å². The van der Waals surface area contributed by atoms with Crippen LogP contribution in [-0.2, 0) is 10.2 Å². The third-order valence-electron chi connectivity index (χ3n) is 7.68. The predicted molar refractivity (Wildman–Crippen MR) is 121 cm³/mol. The number of hydrogen-bond acceptors (Lipinski definition) is 5. The molecule has 2 N–H and O–H groups in total. The maximum absolute atomic E-state index is 12.4. The van der Waals surface area contributed by atoms with Crippen molar-refractivity contribution in [2.45, 2.75) is 58.4 Å². The van der Waals surface area contributed by atoms with Crippen molar-refractivity contribution < 1.29 is 8.42 Å². The lowest BCUT2D eigenvalue weighted by Gasteiger charge is -2.61. The van der Waals surface area contributed by atoms with E-state index in [0.29, 0.717) is 17.6 Å². The summed E-state index contributed by atoms with van der Waals surface area (Å²) in [5, 5.41) is 10.5. The van der Waals surface area contributed by atoms with Gasteiger partial charge in [-0.15, -0.1) is 0 Å². The van der Waals surface area contributed by atoms with Crippen LogP contribution in [0, 0.1) is 24.2 Å². The van der Waals surface area contributed by atoms with Crippen LogP contribution < -0.4 is 10.0 Å². The van der Waals surface area contributed by atoms with Gasteiger partial charge in [-0.05, 0) is 56.1 Å². The van der Waals surface area contributed by atoms with Gasteiger partial charge >= 0.3 is 0 Å². The SMILES string of the molecule is Cc1cc(Cl)n2ncnc(N3CC4(CC(N(CC5CCC(C)CC5)S(N)(=O)=O)C4)C3)c12. The summed E-state index contributed by atoms with van der Waals surface area (Å²) in [7, 11) is -3.69. The summed E-state index contributed by atoms with van der Waals surface area (Å²) in [5.41, 5.74) is 2.15. The minimum absolute atomic E-state index is 0.0198. The summed E-state index contributed by atoms with van der Waals surface area (Å²) in [4.78, 5) is 6.76. The van der Waals surface area contributed by atoms with Gasteiger partial charge in [0.1, 0.15) is 17.0 Å². The first-order valence-electron chi connectivity index (χ1n) is 11.2. The Bertz CT molecular complexity index is 1080. The van der Waals surface area contributed by atoms with Crippen LogP contribution in [0.15, 0.2) is 12.4 Å². The lowest BCUT2D eigenvalue weighted by atomic mass is 9.60. The van der Waals surface area contributed by atoms with Crippen molar-refractivity contribution in [2.75, 3.05) is 24.5 Å². The summed E-state index contributed by atoms with van der Waals surface area (Å²) in [6, 6.07) is 1.92. The highest BCUT2D eigenvalue weighted by molar-refractivity contribution is 7.86. The average Bonchev–Trinajstić information content (AvgIpc) is 2.94. The molecule has 8 nitrogen and oxygen atoms in total. The molecule has 1 aliphatic heterocycles. The zero-order valence-corrected chi connectivity index (χ0v) is 19.7. The number of nitrogens with two attached hydrogens (primary N) is 1. The molecule has 2 aromatic heterocycles. The molecule has 0 unspecified atom stereocenters. The lowest BCUT2D eigenvalue weighted by molar-refractivity contribution is 0.00709. The molecule has 3 aliphatic rings. The molecule has 10 heteroatoms. The summed E-state index contributed by atoms with van der Waals surface area (Å²) < 4.78 is 28.0. The highest BCUT2D eigenvalue weighted by Gasteiger charge is 2.56. The molecule has 0 atom stereocenters. The quantitative estimate of drug-likeness (QED) is 0.730. The number of rotatable bonds is 5. The topological polar surface area (TPSA) is 96.8 Å². The van der Waals surface area contributed by atoms with Gasteiger partial charge in [0.2, 0.25) is 0 Å². The lowest BCUT2D eigenvalue weighted by Crippen LogP contribution is -2.68. The largest absolute Gasteiger partial charge is 0.354 e. The molecule has 31 heavy (non-hydrogen) atoms. The Kier molecular flexibility index (Phi) is 5.23. The van der Waals surface area contributed by atoms with E-state index in [-0.39, 0.29) is 11.5 Å². The van der Waals surface area contributed by atoms with E-state index in [2.05, 4.69) is 21.9 Å². The second kappa shape index (κ2) is 7.57. The molecule has 2 aromatic rings. The van der Waals surface area contributed by atoms with E-state index in [0.717, 1.165) is 61.6 Å². The van der Waals surface area contributed by atoms with Gasteiger partial charge in [0, 0.05) is 31.1 Å². The van der Waals surface area contributed by atoms with Gasteiger partial charge in [-0.2, -0.15) is 17.8 Å². The fraction of sp³-hybridized carbons (Fsp3) is 0.714. The average molecular weight is 467 g/mol. The summed E-state index contributed by atoms with van der Waals surface area (Å²) >= 11 is 6.27. The van der Waals surface area contributed by atoms with E-state index in [4.69, 9.17) is 16.7 Å². The van der Waals surface area contributed by atoms with Crippen LogP contribution in [0.2, 0.25) is 5.15 Å². The van der Waals surface area contributed by atoms with Crippen LogP contribution in [0.25, 0.3) is 5.52 Å². The van der Waals surface area contributed by atoms with Crippen LogP contribution in [0.3, 0.4) is 0 Å². The predicted octanol–water partition coefficient (Wildman–Crippen LogP) is 2.99. The van der Waals surface area contributed by atoms with Crippen LogP contribution in [0.1, 0.15) is 51.0 Å². The molecule has 0 radical (unpaired) electrons. The van der Waals surface area contributed by atoms with Crippen molar-refractivity contribution in [3.8, 4) is 0 Å². The molecule has 2 saturated carbocycles. The third-order valence-corrected chi connectivity index (χ3v) is 9.05. The molecule has 3 fully saturated rings. The molecule has 2 aliphatic carbocycles. The fourth-order valence-electron chi connectivity index (χ4n) is 5.93. The Balaban J connectivity index is 1.24. The molecular weight excluding hydrogens is 436 g/mol. The Morgan fingerprint density at radius 1 is 1.26 bits per heavy atom.